The zero-order valence-corrected chi connectivity index (χ0v) is 11.6. The number of hydrogen-bond acceptors (Lipinski definition) is 3. The first-order valence-corrected chi connectivity index (χ1v) is 6.53. The highest BCUT2D eigenvalue weighted by Crippen LogP contribution is 2.19. The van der Waals surface area contributed by atoms with Crippen molar-refractivity contribution in [3.8, 4) is 0 Å². The number of amides is 1. The number of nitrogens with zero attached hydrogens (tertiary/aromatic N) is 1. The second kappa shape index (κ2) is 5.83. The van der Waals surface area contributed by atoms with E-state index in [2.05, 4.69) is 38.0 Å². The maximum absolute atomic E-state index is 11.8. The molecule has 1 aliphatic heterocycles. The highest BCUT2D eigenvalue weighted by Gasteiger charge is 2.24. The highest BCUT2D eigenvalue weighted by molar-refractivity contribution is 5.76. The van der Waals surface area contributed by atoms with Crippen LogP contribution in [0.25, 0.3) is 0 Å². The van der Waals surface area contributed by atoms with Crippen LogP contribution >= 0.6 is 0 Å². The molecule has 1 fully saturated rings. The van der Waals surface area contributed by atoms with Gasteiger partial charge in [-0.15, -0.1) is 0 Å². The highest BCUT2D eigenvalue weighted by atomic mass is 16.1. The van der Waals surface area contributed by atoms with E-state index in [1.54, 1.807) is 0 Å². The Hall–Kier alpha value is -0.610. The van der Waals surface area contributed by atoms with Crippen LogP contribution in [0.5, 0.6) is 0 Å². The van der Waals surface area contributed by atoms with Gasteiger partial charge in [0.25, 0.3) is 0 Å². The summed E-state index contributed by atoms with van der Waals surface area (Å²) in [6.07, 6.45) is 2.83. The molecule has 100 valence electrons. The number of nitrogens with one attached hydrogen (secondary N) is 1. The van der Waals surface area contributed by atoms with Crippen molar-refractivity contribution in [2.45, 2.75) is 52.1 Å². The Morgan fingerprint density at radius 1 is 1.53 bits per heavy atom. The fraction of sp³-hybridized carbons (Fsp3) is 0.923. The van der Waals surface area contributed by atoms with E-state index < -0.39 is 0 Å². The Morgan fingerprint density at radius 2 is 2.18 bits per heavy atom. The predicted molar refractivity (Wildman–Crippen MR) is 70.7 cm³/mol. The molecule has 1 aliphatic rings. The molecule has 0 aromatic rings. The summed E-state index contributed by atoms with van der Waals surface area (Å²) in [5.74, 6) is 0.0766. The number of carbonyl (C=O) groups excluding carboxylic acids is 1. The van der Waals surface area contributed by atoms with Gasteiger partial charge in [-0.3, -0.25) is 4.79 Å². The molecule has 0 spiro atoms. The summed E-state index contributed by atoms with van der Waals surface area (Å²) in [6.45, 7) is 8.09. The molecule has 0 radical (unpaired) electrons. The lowest BCUT2D eigenvalue weighted by Gasteiger charge is -2.27. The first-order chi connectivity index (χ1) is 7.80. The van der Waals surface area contributed by atoms with Crippen molar-refractivity contribution >= 4 is 5.91 Å². The van der Waals surface area contributed by atoms with E-state index in [1.165, 1.54) is 12.8 Å². The Balaban J connectivity index is 2.26. The quantitative estimate of drug-likeness (QED) is 0.771. The first-order valence-electron chi connectivity index (χ1n) is 6.53. The van der Waals surface area contributed by atoms with Crippen LogP contribution in [0.15, 0.2) is 0 Å². The van der Waals surface area contributed by atoms with Crippen LogP contribution in [-0.4, -0.2) is 43.0 Å². The van der Waals surface area contributed by atoms with E-state index >= 15 is 0 Å². The van der Waals surface area contributed by atoms with Gasteiger partial charge in [-0.2, -0.15) is 0 Å². The van der Waals surface area contributed by atoms with Gasteiger partial charge in [-0.05, 0) is 31.8 Å². The summed E-state index contributed by atoms with van der Waals surface area (Å²) in [5, 5.41) is 3.00. The molecule has 0 saturated carbocycles. The van der Waals surface area contributed by atoms with Crippen molar-refractivity contribution in [2.24, 2.45) is 11.1 Å². The zero-order valence-electron chi connectivity index (χ0n) is 11.6. The third kappa shape index (κ3) is 4.64. The number of carbonyl (C=O) groups is 1. The number of likely N-dealkylation sites (tertiary alicyclic amines) is 1. The lowest BCUT2D eigenvalue weighted by molar-refractivity contribution is -0.122. The Bertz CT molecular complexity index is 260. The Kier molecular flexibility index (Phi) is 4.95. The van der Waals surface area contributed by atoms with E-state index in [9.17, 15) is 4.79 Å². The van der Waals surface area contributed by atoms with E-state index in [1.807, 2.05) is 0 Å². The summed E-state index contributed by atoms with van der Waals surface area (Å²) in [4.78, 5) is 14.1. The molecule has 17 heavy (non-hydrogen) atoms. The number of hydrogen-bond donors (Lipinski definition) is 2. The maximum Gasteiger partial charge on any atom is 0.221 e. The molecule has 0 aromatic carbocycles. The fourth-order valence-corrected chi connectivity index (χ4v) is 2.05. The van der Waals surface area contributed by atoms with E-state index in [4.69, 9.17) is 5.73 Å². The van der Waals surface area contributed by atoms with Crippen LogP contribution < -0.4 is 11.1 Å². The molecule has 0 bridgehead atoms. The topological polar surface area (TPSA) is 58.4 Å². The lowest BCUT2D eigenvalue weighted by atomic mass is 9.85. The molecule has 1 saturated heterocycles. The molecule has 4 heteroatoms. The van der Waals surface area contributed by atoms with Crippen molar-refractivity contribution in [1.82, 2.24) is 10.2 Å². The smallest absolute Gasteiger partial charge is 0.221 e. The zero-order chi connectivity index (χ0) is 13.1. The van der Waals surface area contributed by atoms with Crippen molar-refractivity contribution in [3.05, 3.63) is 0 Å². The van der Waals surface area contributed by atoms with Gasteiger partial charge in [0.15, 0.2) is 0 Å². The van der Waals surface area contributed by atoms with Gasteiger partial charge in [0, 0.05) is 25.0 Å². The molecule has 3 N–H and O–H groups in total. The molecule has 1 amide bonds. The van der Waals surface area contributed by atoms with Crippen molar-refractivity contribution in [3.63, 3.8) is 0 Å². The van der Waals surface area contributed by atoms with E-state index in [-0.39, 0.29) is 17.4 Å². The third-order valence-electron chi connectivity index (χ3n) is 3.72. The third-order valence-corrected chi connectivity index (χ3v) is 3.72. The van der Waals surface area contributed by atoms with Gasteiger partial charge >= 0.3 is 0 Å². The van der Waals surface area contributed by atoms with Crippen LogP contribution in [0.1, 0.15) is 40.0 Å². The number of rotatable bonds is 4. The number of likely N-dealkylation sites (N-methyl/N-ethyl adjacent to an activating group) is 1. The summed E-state index contributed by atoms with van der Waals surface area (Å²) < 4.78 is 0. The van der Waals surface area contributed by atoms with Gasteiger partial charge in [0.1, 0.15) is 0 Å². The molecule has 4 nitrogen and oxygen atoms in total. The predicted octanol–water partition coefficient (Wildman–Crippen LogP) is 0.960. The van der Waals surface area contributed by atoms with Crippen molar-refractivity contribution < 1.29 is 4.79 Å². The Morgan fingerprint density at radius 3 is 2.65 bits per heavy atom. The van der Waals surface area contributed by atoms with E-state index in [0.717, 1.165) is 13.1 Å². The van der Waals surface area contributed by atoms with Gasteiger partial charge in [-0.1, -0.05) is 20.8 Å². The average molecular weight is 241 g/mol. The molecule has 0 aliphatic carbocycles. The second-order valence-electron chi connectivity index (χ2n) is 6.26. The minimum absolute atomic E-state index is 0.0124. The molecule has 2 unspecified atom stereocenters. The van der Waals surface area contributed by atoms with Gasteiger partial charge in [0.2, 0.25) is 5.91 Å². The summed E-state index contributed by atoms with van der Waals surface area (Å²) in [5.41, 5.74) is 5.98. The fourth-order valence-electron chi connectivity index (χ4n) is 2.05. The van der Waals surface area contributed by atoms with Crippen LogP contribution in [-0.2, 0) is 4.79 Å². The maximum atomic E-state index is 11.8. The largest absolute Gasteiger partial charge is 0.354 e. The molecular formula is C13H27N3O. The van der Waals surface area contributed by atoms with Crippen molar-refractivity contribution in [1.29, 1.82) is 0 Å². The molecule has 2 atom stereocenters. The summed E-state index contributed by atoms with van der Waals surface area (Å²) in [6, 6.07) is 0.425. The normalized spacial score (nSPS) is 23.7. The van der Waals surface area contributed by atoms with Gasteiger partial charge in [-0.25, -0.2) is 0 Å². The van der Waals surface area contributed by atoms with Crippen LogP contribution in [0, 0.1) is 5.41 Å². The summed E-state index contributed by atoms with van der Waals surface area (Å²) >= 11 is 0. The monoisotopic (exact) mass is 241 g/mol. The van der Waals surface area contributed by atoms with Crippen LogP contribution in [0.4, 0.5) is 0 Å². The van der Waals surface area contributed by atoms with E-state index in [0.29, 0.717) is 12.5 Å². The van der Waals surface area contributed by atoms with Crippen LogP contribution in [0.3, 0.4) is 0 Å². The molecule has 1 heterocycles. The number of nitrogens with two attached hydrogens (primary N) is 1. The minimum atomic E-state index is -0.0798. The standard InChI is InChI=1S/C13H27N3O/c1-13(2,3)11(14)8-12(17)15-9-10-6-5-7-16(10)4/h10-11H,5-9,14H2,1-4H3,(H,15,17). The van der Waals surface area contributed by atoms with Gasteiger partial charge < -0.3 is 16.0 Å². The lowest BCUT2D eigenvalue weighted by Crippen LogP contribution is -2.43. The van der Waals surface area contributed by atoms with Crippen molar-refractivity contribution in [2.75, 3.05) is 20.1 Å². The molecule has 1 rings (SSSR count). The Labute approximate surface area is 105 Å². The molecular weight excluding hydrogens is 214 g/mol. The summed E-state index contributed by atoms with van der Waals surface area (Å²) in [7, 11) is 2.12. The second-order valence-corrected chi connectivity index (χ2v) is 6.26. The first kappa shape index (κ1) is 14.5. The van der Waals surface area contributed by atoms with Gasteiger partial charge in [0.05, 0.1) is 0 Å². The molecule has 0 aromatic heterocycles. The van der Waals surface area contributed by atoms with Crippen LogP contribution in [0.2, 0.25) is 0 Å². The minimum Gasteiger partial charge on any atom is -0.354 e. The average Bonchev–Trinajstić information content (AvgIpc) is 2.59. The SMILES string of the molecule is CN1CCCC1CNC(=O)CC(N)C(C)(C)C.